The Labute approximate surface area is 57.0 Å². The molecule has 0 aromatic carbocycles. The minimum absolute atomic E-state index is 0.220. The molecule has 5 nitrogen and oxygen atoms in total. The molecule has 10 heavy (non-hydrogen) atoms. The SMILES string of the molecule is C=NC(=O)c1cn[nH]c1N. The summed E-state index contributed by atoms with van der Waals surface area (Å²) in [6.45, 7) is 3.06. The maximum atomic E-state index is 10.7. The first-order valence-electron chi connectivity index (χ1n) is 2.55. The third-order valence-electron chi connectivity index (χ3n) is 1.04. The van der Waals surface area contributed by atoms with Crippen LogP contribution in [0.1, 0.15) is 10.4 Å². The van der Waals surface area contributed by atoms with Crippen LogP contribution in [0.15, 0.2) is 11.2 Å². The summed E-state index contributed by atoms with van der Waals surface area (Å²) in [6, 6.07) is 0. The van der Waals surface area contributed by atoms with E-state index >= 15 is 0 Å². The monoisotopic (exact) mass is 138 g/mol. The van der Waals surface area contributed by atoms with E-state index in [4.69, 9.17) is 5.73 Å². The van der Waals surface area contributed by atoms with E-state index < -0.39 is 5.91 Å². The van der Waals surface area contributed by atoms with Gasteiger partial charge in [-0.2, -0.15) is 5.10 Å². The summed E-state index contributed by atoms with van der Waals surface area (Å²) < 4.78 is 0. The number of nitrogen functional groups attached to an aromatic ring is 1. The molecular formula is C5H6N4O. The van der Waals surface area contributed by atoms with Crippen molar-refractivity contribution in [2.45, 2.75) is 0 Å². The number of hydrogen-bond donors (Lipinski definition) is 2. The zero-order valence-corrected chi connectivity index (χ0v) is 5.16. The summed E-state index contributed by atoms with van der Waals surface area (Å²) in [7, 11) is 0. The fourth-order valence-corrected chi connectivity index (χ4v) is 0.552. The maximum absolute atomic E-state index is 10.7. The molecule has 0 aliphatic carbocycles. The number of hydrogen-bond acceptors (Lipinski definition) is 3. The molecule has 5 heteroatoms. The molecule has 3 N–H and O–H groups in total. The summed E-state index contributed by atoms with van der Waals surface area (Å²) in [4.78, 5) is 13.9. The van der Waals surface area contributed by atoms with Crippen molar-refractivity contribution in [3.63, 3.8) is 0 Å². The molecule has 1 aromatic rings. The summed E-state index contributed by atoms with van der Waals surface area (Å²) in [6.07, 6.45) is 1.31. The second-order valence-electron chi connectivity index (χ2n) is 1.66. The molecule has 0 unspecified atom stereocenters. The van der Waals surface area contributed by atoms with Gasteiger partial charge in [0, 0.05) is 0 Å². The summed E-state index contributed by atoms with van der Waals surface area (Å²) in [5, 5.41) is 5.94. The molecule has 0 saturated carbocycles. The number of nitrogens with two attached hydrogens (primary N) is 1. The van der Waals surface area contributed by atoms with Gasteiger partial charge in [0.2, 0.25) is 0 Å². The van der Waals surface area contributed by atoms with Crippen LogP contribution < -0.4 is 5.73 Å². The predicted molar refractivity (Wildman–Crippen MR) is 36.9 cm³/mol. The smallest absolute Gasteiger partial charge is 0.281 e. The molecule has 0 fully saturated rings. The lowest BCUT2D eigenvalue weighted by atomic mass is 10.3. The van der Waals surface area contributed by atoms with Gasteiger partial charge < -0.3 is 5.73 Å². The summed E-state index contributed by atoms with van der Waals surface area (Å²) in [5.41, 5.74) is 5.55. The van der Waals surface area contributed by atoms with Gasteiger partial charge in [0.05, 0.1) is 6.20 Å². The van der Waals surface area contributed by atoms with Gasteiger partial charge in [0.25, 0.3) is 5.91 Å². The highest BCUT2D eigenvalue weighted by atomic mass is 16.1. The first-order chi connectivity index (χ1) is 4.75. The van der Waals surface area contributed by atoms with E-state index in [1.54, 1.807) is 0 Å². The van der Waals surface area contributed by atoms with Crippen molar-refractivity contribution in [1.29, 1.82) is 0 Å². The summed E-state index contributed by atoms with van der Waals surface area (Å²) in [5.74, 6) is -0.247. The van der Waals surface area contributed by atoms with E-state index in [9.17, 15) is 4.79 Å². The Bertz CT molecular complexity index is 264. The van der Waals surface area contributed by atoms with E-state index in [1.807, 2.05) is 0 Å². The highest BCUT2D eigenvalue weighted by Crippen LogP contribution is 2.06. The second-order valence-corrected chi connectivity index (χ2v) is 1.66. The van der Waals surface area contributed by atoms with Crippen molar-refractivity contribution >= 4 is 18.4 Å². The lowest BCUT2D eigenvalue weighted by Crippen LogP contribution is -1.97. The minimum Gasteiger partial charge on any atom is -0.383 e. The van der Waals surface area contributed by atoms with Gasteiger partial charge in [-0.3, -0.25) is 9.89 Å². The number of anilines is 1. The van der Waals surface area contributed by atoms with Gasteiger partial charge in [-0.05, 0) is 6.72 Å². The third-order valence-corrected chi connectivity index (χ3v) is 1.04. The maximum Gasteiger partial charge on any atom is 0.281 e. The molecule has 52 valence electrons. The molecule has 0 aliphatic rings. The number of aromatic nitrogens is 2. The first kappa shape index (κ1) is 6.47. The molecule has 0 radical (unpaired) electrons. The Morgan fingerprint density at radius 3 is 3.00 bits per heavy atom. The Balaban J connectivity index is 3.04. The molecule has 1 rings (SSSR count). The number of aliphatic imine (C=N–C) groups is 1. The van der Waals surface area contributed by atoms with E-state index in [2.05, 4.69) is 21.9 Å². The van der Waals surface area contributed by atoms with Crippen LogP contribution in [0.2, 0.25) is 0 Å². The second kappa shape index (κ2) is 2.30. The predicted octanol–water partition coefficient (Wildman–Crippen LogP) is -0.167. The van der Waals surface area contributed by atoms with Gasteiger partial charge in [-0.1, -0.05) is 0 Å². The van der Waals surface area contributed by atoms with Crippen molar-refractivity contribution in [3.05, 3.63) is 11.8 Å². The van der Waals surface area contributed by atoms with Crippen molar-refractivity contribution in [2.75, 3.05) is 5.73 Å². The van der Waals surface area contributed by atoms with Gasteiger partial charge in [0.1, 0.15) is 11.4 Å². The van der Waals surface area contributed by atoms with Gasteiger partial charge in [-0.15, -0.1) is 0 Å². The number of amides is 1. The zero-order chi connectivity index (χ0) is 7.56. The zero-order valence-electron chi connectivity index (χ0n) is 5.16. The van der Waals surface area contributed by atoms with Crippen LogP contribution in [0.25, 0.3) is 0 Å². The lowest BCUT2D eigenvalue weighted by Gasteiger charge is -1.87. The molecule has 1 heterocycles. The average Bonchev–Trinajstić information content (AvgIpc) is 2.34. The highest BCUT2D eigenvalue weighted by Gasteiger charge is 2.07. The molecule has 0 spiro atoms. The molecule has 0 saturated heterocycles. The van der Waals surface area contributed by atoms with Gasteiger partial charge in [-0.25, -0.2) is 4.99 Å². The molecule has 0 atom stereocenters. The minimum atomic E-state index is -0.466. The van der Waals surface area contributed by atoms with Crippen LogP contribution in [0.4, 0.5) is 5.82 Å². The topological polar surface area (TPSA) is 84.1 Å². The van der Waals surface area contributed by atoms with E-state index in [1.165, 1.54) is 6.20 Å². The number of carbonyl (C=O) groups is 1. The number of nitrogens with one attached hydrogen (secondary N) is 1. The largest absolute Gasteiger partial charge is 0.383 e. The van der Waals surface area contributed by atoms with Gasteiger partial charge in [0.15, 0.2) is 0 Å². The van der Waals surface area contributed by atoms with Crippen LogP contribution in [0.3, 0.4) is 0 Å². The fraction of sp³-hybridized carbons (Fsp3) is 0. The molecule has 1 amide bonds. The Morgan fingerprint density at radius 1 is 1.90 bits per heavy atom. The third kappa shape index (κ3) is 0.883. The fourth-order valence-electron chi connectivity index (χ4n) is 0.552. The van der Waals surface area contributed by atoms with Crippen LogP contribution in [-0.2, 0) is 0 Å². The first-order valence-corrected chi connectivity index (χ1v) is 2.55. The normalized spacial score (nSPS) is 9.20. The van der Waals surface area contributed by atoms with Crippen molar-refractivity contribution < 1.29 is 4.79 Å². The van der Waals surface area contributed by atoms with Crippen LogP contribution in [0.5, 0.6) is 0 Å². The van der Waals surface area contributed by atoms with E-state index in [0.717, 1.165) is 0 Å². The average molecular weight is 138 g/mol. The molecule has 0 bridgehead atoms. The van der Waals surface area contributed by atoms with Crippen molar-refractivity contribution in [3.8, 4) is 0 Å². The highest BCUT2D eigenvalue weighted by molar-refractivity contribution is 6.00. The van der Waals surface area contributed by atoms with E-state index in [-0.39, 0.29) is 11.4 Å². The Morgan fingerprint density at radius 2 is 2.60 bits per heavy atom. The van der Waals surface area contributed by atoms with Gasteiger partial charge >= 0.3 is 0 Å². The number of carbonyl (C=O) groups excluding carboxylic acids is 1. The quantitative estimate of drug-likeness (QED) is 0.528. The number of nitrogens with zero attached hydrogens (tertiary/aromatic N) is 2. The summed E-state index contributed by atoms with van der Waals surface area (Å²) >= 11 is 0. The van der Waals surface area contributed by atoms with Crippen LogP contribution >= 0.6 is 0 Å². The Hall–Kier alpha value is -1.65. The standard InChI is InChI=1S/C5H6N4O/c1-7-5(10)3-2-8-9-4(3)6/h2H,1H2,(H3,6,8,9). The van der Waals surface area contributed by atoms with Crippen molar-refractivity contribution in [1.82, 2.24) is 10.2 Å². The van der Waals surface area contributed by atoms with Crippen LogP contribution in [0, 0.1) is 0 Å². The Kier molecular flexibility index (Phi) is 1.49. The number of H-pyrrole nitrogens is 1. The van der Waals surface area contributed by atoms with Crippen molar-refractivity contribution in [2.24, 2.45) is 4.99 Å². The van der Waals surface area contributed by atoms with E-state index in [0.29, 0.717) is 0 Å². The molecule has 0 aliphatic heterocycles. The number of aromatic amines is 1. The molecular weight excluding hydrogens is 132 g/mol. The van der Waals surface area contributed by atoms with Crippen LogP contribution in [-0.4, -0.2) is 22.8 Å². The lowest BCUT2D eigenvalue weighted by molar-refractivity contribution is 0.100. The number of rotatable bonds is 1. The molecule has 1 aromatic heterocycles.